The van der Waals surface area contributed by atoms with Crippen LogP contribution in [0, 0.1) is 0 Å². The molecule has 0 saturated carbocycles. The maximum atomic E-state index is 13.8. The molecule has 1 aliphatic heterocycles. The molecule has 16 heteroatoms. The Morgan fingerprint density at radius 3 is 2.71 bits per heavy atom. The smallest absolute Gasteiger partial charge is 0.416 e. The summed E-state index contributed by atoms with van der Waals surface area (Å²) >= 11 is 0. The van der Waals surface area contributed by atoms with E-state index in [0.717, 1.165) is 24.5 Å². The van der Waals surface area contributed by atoms with Crippen molar-refractivity contribution in [2.24, 2.45) is 0 Å². The number of hydrogen-bond donors (Lipinski definition) is 4. The van der Waals surface area contributed by atoms with E-state index in [4.69, 9.17) is 10.5 Å². The molecule has 5 N–H and O–H groups in total. The maximum absolute atomic E-state index is 13.8. The zero-order valence-corrected chi connectivity index (χ0v) is 21.4. The number of ether oxygens (including phenoxy) is 1. The Morgan fingerprint density at radius 1 is 1.19 bits per heavy atom. The van der Waals surface area contributed by atoms with Crippen molar-refractivity contribution in [3.05, 3.63) is 70.3 Å². The van der Waals surface area contributed by atoms with Crippen molar-refractivity contribution < 1.29 is 37.0 Å². The van der Waals surface area contributed by atoms with Crippen molar-refractivity contribution in [3.63, 3.8) is 0 Å². The first kappa shape index (κ1) is 28.3. The van der Waals surface area contributed by atoms with Crippen molar-refractivity contribution in [2.45, 2.75) is 31.4 Å². The molecule has 1 aliphatic rings. The summed E-state index contributed by atoms with van der Waals surface area (Å²) in [5.41, 5.74) is 4.93. The van der Waals surface area contributed by atoms with Gasteiger partial charge in [0.25, 0.3) is 5.56 Å². The first-order valence-corrected chi connectivity index (χ1v) is 12.3. The van der Waals surface area contributed by atoms with E-state index in [1.807, 2.05) is 0 Å². The summed E-state index contributed by atoms with van der Waals surface area (Å²) < 4.78 is 60.3. The van der Waals surface area contributed by atoms with Gasteiger partial charge in [0.05, 0.1) is 23.3 Å². The van der Waals surface area contributed by atoms with E-state index in [1.165, 1.54) is 6.07 Å². The lowest BCUT2D eigenvalue weighted by molar-refractivity contribution is -0.137. The van der Waals surface area contributed by atoms with Crippen LogP contribution >= 0.6 is 0 Å². The molecule has 5 rings (SSSR count). The third kappa shape index (κ3) is 5.77. The number of aromatic nitrogens is 4. The Kier molecular flexibility index (Phi) is 7.36. The second-order valence-corrected chi connectivity index (χ2v) is 9.32. The molecule has 0 aliphatic carbocycles. The summed E-state index contributed by atoms with van der Waals surface area (Å²) in [6.45, 7) is -0.931. The van der Waals surface area contributed by atoms with E-state index in [-0.39, 0.29) is 46.2 Å². The standard InChI is InChI=1S/C26H21F4N7O5/c27-14-7-18(37(10-14)25(40)41)23(38)32-9-12-6-13(26(28,29)30)4-5-15(12)17-8-20(34-11-33-17)42-19-3-1-2-16-21(19)36-22(31)24(39)35-16/h1-6,8,11,14,18H,7,9-10H2,(H2,31,36)(H,32,38)(H,35,39)(H,40,41). The van der Waals surface area contributed by atoms with Gasteiger partial charge in [-0.3, -0.25) is 14.5 Å². The Balaban J connectivity index is 1.45. The molecule has 2 amide bonds. The molecular formula is C26H21F4N7O5. The van der Waals surface area contributed by atoms with Crippen LogP contribution in [0.3, 0.4) is 0 Å². The number of carbonyl (C=O) groups is 2. The minimum atomic E-state index is -4.70. The number of nitrogens with one attached hydrogen (secondary N) is 2. The summed E-state index contributed by atoms with van der Waals surface area (Å²) in [5.74, 6) is -0.991. The van der Waals surface area contributed by atoms with E-state index in [9.17, 15) is 37.1 Å². The van der Waals surface area contributed by atoms with Crippen LogP contribution in [-0.4, -0.2) is 60.7 Å². The number of anilines is 1. The highest BCUT2D eigenvalue weighted by Crippen LogP contribution is 2.34. The zero-order chi connectivity index (χ0) is 30.2. The summed E-state index contributed by atoms with van der Waals surface area (Å²) in [6.07, 6.45) is -6.99. The number of amides is 2. The summed E-state index contributed by atoms with van der Waals surface area (Å²) in [5, 5.41) is 11.7. The molecule has 0 bridgehead atoms. The highest BCUT2D eigenvalue weighted by atomic mass is 19.4. The highest BCUT2D eigenvalue weighted by Gasteiger charge is 2.40. The van der Waals surface area contributed by atoms with E-state index in [0.29, 0.717) is 10.4 Å². The van der Waals surface area contributed by atoms with Crippen LogP contribution in [0.5, 0.6) is 11.6 Å². The summed E-state index contributed by atoms with van der Waals surface area (Å²) in [7, 11) is 0. The van der Waals surface area contributed by atoms with Crippen molar-refractivity contribution in [1.29, 1.82) is 0 Å². The molecule has 2 aromatic carbocycles. The number of rotatable bonds is 6. The van der Waals surface area contributed by atoms with Gasteiger partial charge < -0.3 is 25.9 Å². The third-order valence-electron chi connectivity index (χ3n) is 6.53. The first-order valence-electron chi connectivity index (χ1n) is 12.3. The van der Waals surface area contributed by atoms with Crippen LogP contribution in [0.15, 0.2) is 53.6 Å². The van der Waals surface area contributed by atoms with Gasteiger partial charge in [-0.1, -0.05) is 12.1 Å². The minimum absolute atomic E-state index is 0.00308. The van der Waals surface area contributed by atoms with Crippen LogP contribution in [0.4, 0.5) is 28.2 Å². The van der Waals surface area contributed by atoms with Gasteiger partial charge in [-0.2, -0.15) is 13.2 Å². The van der Waals surface area contributed by atoms with Crippen LogP contribution in [0.1, 0.15) is 17.5 Å². The molecule has 2 aromatic heterocycles. The van der Waals surface area contributed by atoms with Gasteiger partial charge in [0.1, 0.15) is 24.1 Å². The van der Waals surface area contributed by atoms with Crippen molar-refractivity contribution in [2.75, 3.05) is 12.3 Å². The van der Waals surface area contributed by atoms with E-state index in [1.54, 1.807) is 18.2 Å². The number of aromatic amines is 1. The van der Waals surface area contributed by atoms with Gasteiger partial charge in [-0.05, 0) is 29.8 Å². The topological polar surface area (TPSA) is 176 Å². The Labute approximate surface area is 233 Å². The van der Waals surface area contributed by atoms with Gasteiger partial charge in [0.15, 0.2) is 11.6 Å². The quantitative estimate of drug-likeness (QED) is 0.246. The molecule has 2 unspecified atom stereocenters. The largest absolute Gasteiger partial charge is 0.465 e. The molecule has 12 nitrogen and oxygen atoms in total. The van der Waals surface area contributed by atoms with Gasteiger partial charge >= 0.3 is 12.3 Å². The molecule has 0 spiro atoms. The predicted octanol–water partition coefficient (Wildman–Crippen LogP) is 3.48. The number of para-hydroxylation sites is 1. The van der Waals surface area contributed by atoms with Gasteiger partial charge in [-0.15, -0.1) is 0 Å². The van der Waals surface area contributed by atoms with E-state index >= 15 is 0 Å². The molecule has 218 valence electrons. The molecule has 2 atom stereocenters. The molecule has 0 radical (unpaired) electrons. The van der Waals surface area contributed by atoms with Crippen LogP contribution in [-0.2, 0) is 17.5 Å². The molecular weight excluding hydrogens is 566 g/mol. The third-order valence-corrected chi connectivity index (χ3v) is 6.53. The average Bonchev–Trinajstić information content (AvgIpc) is 3.34. The molecule has 1 saturated heterocycles. The zero-order valence-electron chi connectivity index (χ0n) is 21.4. The van der Waals surface area contributed by atoms with Crippen molar-refractivity contribution >= 4 is 28.9 Å². The number of halogens is 4. The highest BCUT2D eigenvalue weighted by molar-refractivity contribution is 5.86. The Hall–Kier alpha value is -5.28. The van der Waals surface area contributed by atoms with Gasteiger partial charge in [-0.25, -0.2) is 24.1 Å². The van der Waals surface area contributed by atoms with Gasteiger partial charge in [0, 0.05) is 24.6 Å². The second kappa shape index (κ2) is 10.9. The van der Waals surface area contributed by atoms with Crippen LogP contribution in [0.25, 0.3) is 22.3 Å². The number of nitrogen functional groups attached to an aromatic ring is 1. The fourth-order valence-electron chi connectivity index (χ4n) is 4.54. The maximum Gasteiger partial charge on any atom is 0.416 e. The number of nitrogens with two attached hydrogens (primary N) is 1. The second-order valence-electron chi connectivity index (χ2n) is 9.32. The molecule has 3 heterocycles. The number of alkyl halides is 4. The van der Waals surface area contributed by atoms with Crippen LogP contribution in [0.2, 0.25) is 0 Å². The van der Waals surface area contributed by atoms with E-state index in [2.05, 4.69) is 25.3 Å². The lowest BCUT2D eigenvalue weighted by Crippen LogP contribution is -2.45. The predicted molar refractivity (Wildman–Crippen MR) is 139 cm³/mol. The number of benzene rings is 2. The van der Waals surface area contributed by atoms with Crippen molar-refractivity contribution in [1.82, 2.24) is 30.2 Å². The average molecular weight is 587 g/mol. The Morgan fingerprint density at radius 2 is 1.98 bits per heavy atom. The minimum Gasteiger partial charge on any atom is -0.465 e. The number of carboxylic acid groups (broad SMARTS) is 1. The summed E-state index contributed by atoms with van der Waals surface area (Å²) in [6, 6.07) is 7.56. The molecule has 42 heavy (non-hydrogen) atoms. The Bertz CT molecular complexity index is 1750. The number of fused-ring (bicyclic) bond motifs is 1. The lowest BCUT2D eigenvalue weighted by Gasteiger charge is -2.21. The van der Waals surface area contributed by atoms with Gasteiger partial charge in [0.2, 0.25) is 11.8 Å². The normalized spacial score (nSPS) is 16.9. The number of likely N-dealkylation sites (tertiary alicyclic amines) is 1. The number of hydrogen-bond acceptors (Lipinski definition) is 8. The van der Waals surface area contributed by atoms with E-state index < -0.39 is 54.6 Å². The lowest BCUT2D eigenvalue weighted by atomic mass is 10.0. The number of H-pyrrole nitrogens is 1. The van der Waals surface area contributed by atoms with Crippen LogP contribution < -0.4 is 21.3 Å². The monoisotopic (exact) mass is 587 g/mol. The fourth-order valence-corrected chi connectivity index (χ4v) is 4.54. The number of carbonyl (C=O) groups excluding carboxylic acids is 1. The first-order chi connectivity index (χ1) is 19.9. The fraction of sp³-hybridized carbons (Fsp3) is 0.231. The number of nitrogens with zero attached hydrogens (tertiary/aromatic N) is 4. The summed E-state index contributed by atoms with van der Waals surface area (Å²) in [4.78, 5) is 51.4. The molecule has 4 aromatic rings. The SMILES string of the molecule is Nc1nc2c(Oc3cc(-c4ccc(C(F)(F)F)cc4CNC(=O)C4CC(F)CN4C(=O)O)ncn3)cccc2[nH]c1=O. The van der Waals surface area contributed by atoms with Crippen molar-refractivity contribution in [3.8, 4) is 22.9 Å². The molecule has 1 fully saturated rings.